The smallest absolute Gasteiger partial charge is 0.415 e. The van der Waals surface area contributed by atoms with E-state index in [1.165, 1.54) is 24.5 Å². The maximum Gasteiger partial charge on any atom is 0.415 e. The van der Waals surface area contributed by atoms with Crippen molar-refractivity contribution in [3.63, 3.8) is 0 Å². The van der Waals surface area contributed by atoms with Gasteiger partial charge in [0.2, 0.25) is 5.88 Å². The zero-order valence-corrected chi connectivity index (χ0v) is 18.1. The summed E-state index contributed by atoms with van der Waals surface area (Å²) < 4.78 is 23.1. The molecule has 0 saturated carbocycles. The second-order valence-corrected chi connectivity index (χ2v) is 6.99. The van der Waals surface area contributed by atoms with Crippen LogP contribution in [-0.4, -0.2) is 34.7 Å². The molecule has 0 atom stereocenters. The molecule has 1 amide bonds. The Morgan fingerprint density at radius 1 is 1.10 bits per heavy atom. The minimum atomic E-state index is -0.594. The molecule has 0 bridgehead atoms. The lowest BCUT2D eigenvalue weighted by molar-refractivity contribution is 0.178. The van der Waals surface area contributed by atoms with Crippen molar-refractivity contribution in [2.75, 3.05) is 18.6 Å². The Morgan fingerprint density at radius 3 is 2.45 bits per heavy atom. The SMILES string of the molecule is COC(=O)N(CCc1ccc(Oc2ccc(CF)cn2)cc1)c1ncnc(CCl)c1Cl. The summed E-state index contributed by atoms with van der Waals surface area (Å²) in [4.78, 5) is 25.8. The largest absolute Gasteiger partial charge is 0.452 e. The summed E-state index contributed by atoms with van der Waals surface area (Å²) in [5, 5.41) is 0.206. The first kappa shape index (κ1) is 22.7. The van der Waals surface area contributed by atoms with E-state index >= 15 is 0 Å². The van der Waals surface area contributed by atoms with Crippen molar-refractivity contribution >= 4 is 35.1 Å². The molecule has 0 aliphatic carbocycles. The first-order valence-electron chi connectivity index (χ1n) is 9.24. The molecule has 162 valence electrons. The van der Waals surface area contributed by atoms with E-state index in [2.05, 4.69) is 15.0 Å². The third-order valence-corrected chi connectivity index (χ3v) is 4.98. The molecule has 0 saturated heterocycles. The summed E-state index contributed by atoms with van der Waals surface area (Å²) in [5.41, 5.74) is 1.86. The first-order chi connectivity index (χ1) is 15.0. The molecule has 0 spiro atoms. The number of hydrogen-bond acceptors (Lipinski definition) is 6. The molecular formula is C21H19Cl2FN4O3. The number of alkyl halides is 2. The highest BCUT2D eigenvalue weighted by atomic mass is 35.5. The Hall–Kier alpha value is -2.97. The number of anilines is 1. The molecule has 7 nitrogen and oxygen atoms in total. The number of aromatic nitrogens is 3. The van der Waals surface area contributed by atoms with Crippen LogP contribution in [0.15, 0.2) is 48.9 Å². The van der Waals surface area contributed by atoms with Crippen LogP contribution in [0.25, 0.3) is 0 Å². The highest BCUT2D eigenvalue weighted by molar-refractivity contribution is 6.34. The van der Waals surface area contributed by atoms with Crippen LogP contribution >= 0.6 is 23.2 Å². The van der Waals surface area contributed by atoms with Gasteiger partial charge in [0, 0.05) is 24.4 Å². The number of pyridine rings is 1. The second kappa shape index (κ2) is 10.9. The average Bonchev–Trinajstić information content (AvgIpc) is 2.81. The van der Waals surface area contributed by atoms with Crippen molar-refractivity contribution in [3.8, 4) is 11.6 Å². The van der Waals surface area contributed by atoms with Crippen LogP contribution < -0.4 is 9.64 Å². The summed E-state index contributed by atoms with van der Waals surface area (Å²) >= 11 is 12.1. The van der Waals surface area contributed by atoms with E-state index < -0.39 is 12.8 Å². The highest BCUT2D eigenvalue weighted by Gasteiger charge is 2.22. The number of ether oxygens (including phenoxy) is 2. The molecule has 3 aromatic rings. The number of carbonyl (C=O) groups is 1. The van der Waals surface area contributed by atoms with Crippen molar-refractivity contribution < 1.29 is 18.7 Å². The number of hydrogen-bond donors (Lipinski definition) is 0. The number of benzene rings is 1. The van der Waals surface area contributed by atoms with Crippen molar-refractivity contribution in [2.45, 2.75) is 19.0 Å². The summed E-state index contributed by atoms with van der Waals surface area (Å²) in [6, 6.07) is 10.5. The predicted octanol–water partition coefficient (Wildman–Crippen LogP) is 5.34. The molecule has 0 N–H and O–H groups in total. The van der Waals surface area contributed by atoms with Gasteiger partial charge in [-0.2, -0.15) is 0 Å². The van der Waals surface area contributed by atoms with Crippen molar-refractivity contribution in [2.24, 2.45) is 0 Å². The molecule has 0 radical (unpaired) electrons. The maximum absolute atomic E-state index is 12.6. The van der Waals surface area contributed by atoms with Gasteiger partial charge in [-0.1, -0.05) is 23.7 Å². The minimum Gasteiger partial charge on any atom is -0.452 e. The van der Waals surface area contributed by atoms with E-state index in [9.17, 15) is 9.18 Å². The highest BCUT2D eigenvalue weighted by Crippen LogP contribution is 2.27. The third kappa shape index (κ3) is 5.80. The summed E-state index contributed by atoms with van der Waals surface area (Å²) in [6.07, 6.45) is 2.65. The fraction of sp³-hybridized carbons (Fsp3) is 0.238. The van der Waals surface area contributed by atoms with E-state index in [4.69, 9.17) is 32.7 Å². The monoisotopic (exact) mass is 464 g/mol. The second-order valence-electron chi connectivity index (χ2n) is 6.35. The molecule has 31 heavy (non-hydrogen) atoms. The molecule has 3 rings (SSSR count). The van der Waals surface area contributed by atoms with Gasteiger partial charge in [-0.15, -0.1) is 11.6 Å². The van der Waals surface area contributed by atoms with Gasteiger partial charge in [-0.05, 0) is 30.2 Å². The molecule has 10 heteroatoms. The topological polar surface area (TPSA) is 77.4 Å². The molecule has 1 aromatic carbocycles. The normalized spacial score (nSPS) is 10.6. The molecule has 0 fully saturated rings. The third-order valence-electron chi connectivity index (χ3n) is 4.34. The fourth-order valence-electron chi connectivity index (χ4n) is 2.71. The average molecular weight is 465 g/mol. The fourth-order valence-corrected chi connectivity index (χ4v) is 3.24. The molecule has 2 heterocycles. The van der Waals surface area contributed by atoms with Crippen LogP contribution in [-0.2, 0) is 23.7 Å². The standard InChI is InChI=1S/C21H19Cl2FN4O3/c1-30-21(29)28(20-19(23)17(10-22)26-13-27-20)9-8-14-2-5-16(6-3-14)31-18-7-4-15(11-24)12-25-18/h2-7,12-13H,8-11H2,1H3. The number of nitrogens with zero attached hydrogens (tertiary/aromatic N) is 4. The van der Waals surface area contributed by atoms with Gasteiger partial charge in [0.25, 0.3) is 0 Å². The van der Waals surface area contributed by atoms with Gasteiger partial charge in [0.1, 0.15) is 23.8 Å². The first-order valence-corrected chi connectivity index (χ1v) is 10.2. The van der Waals surface area contributed by atoms with E-state index in [1.807, 2.05) is 12.1 Å². The lowest BCUT2D eigenvalue weighted by atomic mass is 10.1. The number of carbonyl (C=O) groups excluding carboxylic acids is 1. The van der Waals surface area contributed by atoms with Gasteiger partial charge in [0.15, 0.2) is 5.82 Å². The molecule has 0 aliphatic rings. The van der Waals surface area contributed by atoms with E-state index in [0.717, 1.165) is 5.56 Å². The Labute approximate surface area is 188 Å². The number of rotatable bonds is 8. The predicted molar refractivity (Wildman–Crippen MR) is 116 cm³/mol. The lowest BCUT2D eigenvalue weighted by Crippen LogP contribution is -2.34. The van der Waals surface area contributed by atoms with Crippen LogP contribution in [0.3, 0.4) is 0 Å². The minimum absolute atomic E-state index is 0.0934. The molecule has 2 aromatic heterocycles. The van der Waals surface area contributed by atoms with Gasteiger partial charge < -0.3 is 9.47 Å². The van der Waals surface area contributed by atoms with Crippen LogP contribution in [0.5, 0.6) is 11.6 Å². The van der Waals surface area contributed by atoms with E-state index in [-0.39, 0.29) is 23.3 Å². The van der Waals surface area contributed by atoms with Gasteiger partial charge >= 0.3 is 6.09 Å². The van der Waals surface area contributed by atoms with Crippen molar-refractivity contribution in [1.82, 2.24) is 15.0 Å². The van der Waals surface area contributed by atoms with Crippen molar-refractivity contribution in [1.29, 1.82) is 0 Å². The quantitative estimate of drug-likeness (QED) is 0.418. The molecule has 0 unspecified atom stereocenters. The van der Waals surface area contributed by atoms with Crippen LogP contribution in [0.4, 0.5) is 15.0 Å². The summed E-state index contributed by atoms with van der Waals surface area (Å²) in [5.74, 6) is 1.29. The Balaban J connectivity index is 1.68. The Kier molecular flexibility index (Phi) is 7.97. The van der Waals surface area contributed by atoms with Crippen LogP contribution in [0.1, 0.15) is 16.8 Å². The van der Waals surface area contributed by atoms with E-state index in [1.54, 1.807) is 24.3 Å². The van der Waals surface area contributed by atoms with Crippen molar-refractivity contribution in [3.05, 3.63) is 70.8 Å². The number of methoxy groups -OCH3 is 1. The van der Waals surface area contributed by atoms with Crippen LogP contribution in [0, 0.1) is 0 Å². The van der Waals surface area contributed by atoms with Gasteiger partial charge in [-0.3, -0.25) is 4.90 Å². The number of amides is 1. The Bertz CT molecular complexity index is 1020. The van der Waals surface area contributed by atoms with Crippen LogP contribution in [0.2, 0.25) is 5.02 Å². The maximum atomic E-state index is 12.6. The summed E-state index contributed by atoms with van der Waals surface area (Å²) in [6.45, 7) is -0.296. The molecule has 0 aliphatic heterocycles. The summed E-state index contributed by atoms with van der Waals surface area (Å²) in [7, 11) is 1.28. The van der Waals surface area contributed by atoms with E-state index in [0.29, 0.717) is 29.3 Å². The Morgan fingerprint density at radius 2 is 1.84 bits per heavy atom. The zero-order valence-electron chi connectivity index (χ0n) is 16.6. The van der Waals surface area contributed by atoms with Gasteiger partial charge in [0.05, 0.1) is 18.7 Å². The lowest BCUT2D eigenvalue weighted by Gasteiger charge is -2.21. The molecular weight excluding hydrogens is 446 g/mol. The number of halogens is 3. The zero-order chi connectivity index (χ0) is 22.2. The van der Waals surface area contributed by atoms with Gasteiger partial charge in [-0.25, -0.2) is 24.1 Å².